The summed E-state index contributed by atoms with van der Waals surface area (Å²) in [5, 5.41) is 12.8. The van der Waals surface area contributed by atoms with Crippen molar-refractivity contribution in [2.24, 2.45) is 0 Å². The van der Waals surface area contributed by atoms with Gasteiger partial charge in [0.2, 0.25) is 0 Å². The zero-order valence-corrected chi connectivity index (χ0v) is 11.3. The van der Waals surface area contributed by atoms with Gasteiger partial charge in [-0.15, -0.1) is 0 Å². The molecule has 0 aromatic heterocycles. The standard InChI is InChI=1S/C11H21N3O5/c1-3-14(4-2)6-5-12-11(18)13-9(15)7-19-8-10(16)17/h3-8H2,1-2H3,(H,16,17)(H2,12,13,15,18). The summed E-state index contributed by atoms with van der Waals surface area (Å²) in [7, 11) is 0. The Balaban J connectivity index is 3.67. The number of rotatable bonds is 9. The van der Waals surface area contributed by atoms with Crippen molar-refractivity contribution in [1.82, 2.24) is 15.5 Å². The first-order chi connectivity index (χ1) is 8.99. The molecule has 19 heavy (non-hydrogen) atoms. The maximum Gasteiger partial charge on any atom is 0.329 e. The summed E-state index contributed by atoms with van der Waals surface area (Å²) in [4.78, 5) is 34.7. The smallest absolute Gasteiger partial charge is 0.329 e. The van der Waals surface area contributed by atoms with Gasteiger partial charge in [0.1, 0.15) is 13.2 Å². The van der Waals surface area contributed by atoms with E-state index >= 15 is 0 Å². The largest absolute Gasteiger partial charge is 0.480 e. The third-order valence-electron chi connectivity index (χ3n) is 2.32. The molecule has 3 N–H and O–H groups in total. The lowest BCUT2D eigenvalue weighted by molar-refractivity contribution is -0.143. The number of nitrogens with one attached hydrogen (secondary N) is 2. The molecule has 8 nitrogen and oxygen atoms in total. The Labute approximate surface area is 112 Å². The van der Waals surface area contributed by atoms with Crippen LogP contribution in [0.5, 0.6) is 0 Å². The highest BCUT2D eigenvalue weighted by molar-refractivity contribution is 5.94. The van der Waals surface area contributed by atoms with E-state index in [1.54, 1.807) is 0 Å². The molecule has 0 saturated heterocycles. The van der Waals surface area contributed by atoms with Gasteiger partial charge in [0.05, 0.1) is 0 Å². The number of imide groups is 1. The molecule has 0 saturated carbocycles. The van der Waals surface area contributed by atoms with E-state index in [-0.39, 0.29) is 0 Å². The third kappa shape index (κ3) is 9.98. The lowest BCUT2D eigenvalue weighted by Crippen LogP contribution is -2.44. The summed E-state index contributed by atoms with van der Waals surface area (Å²) < 4.78 is 4.54. The zero-order chi connectivity index (χ0) is 14.7. The molecule has 110 valence electrons. The molecular weight excluding hydrogens is 254 g/mol. The molecule has 0 unspecified atom stereocenters. The van der Waals surface area contributed by atoms with Crippen LogP contribution >= 0.6 is 0 Å². The highest BCUT2D eigenvalue weighted by Crippen LogP contribution is 1.84. The summed E-state index contributed by atoms with van der Waals surface area (Å²) in [6, 6.07) is -0.615. The molecule has 0 atom stereocenters. The van der Waals surface area contributed by atoms with Crippen molar-refractivity contribution in [3.63, 3.8) is 0 Å². The number of carbonyl (C=O) groups is 3. The Morgan fingerprint density at radius 1 is 1.16 bits per heavy atom. The maximum atomic E-state index is 11.3. The van der Waals surface area contributed by atoms with Crippen molar-refractivity contribution >= 4 is 17.9 Å². The molecule has 8 heteroatoms. The van der Waals surface area contributed by atoms with Crippen LogP contribution in [0.15, 0.2) is 0 Å². The number of likely N-dealkylation sites (N-methyl/N-ethyl adjacent to an activating group) is 1. The number of urea groups is 1. The van der Waals surface area contributed by atoms with Gasteiger partial charge in [-0.3, -0.25) is 10.1 Å². The van der Waals surface area contributed by atoms with Gasteiger partial charge in [-0.2, -0.15) is 0 Å². The van der Waals surface area contributed by atoms with Crippen molar-refractivity contribution < 1.29 is 24.2 Å². The second-order valence-corrected chi connectivity index (χ2v) is 3.72. The Bertz CT molecular complexity index is 305. The van der Waals surface area contributed by atoms with Crippen LogP contribution in [0.25, 0.3) is 0 Å². The number of nitrogens with zero attached hydrogens (tertiary/aromatic N) is 1. The molecule has 0 aliphatic heterocycles. The second-order valence-electron chi connectivity index (χ2n) is 3.72. The molecule has 3 amide bonds. The molecule has 0 fully saturated rings. The normalized spacial score (nSPS) is 10.3. The summed E-state index contributed by atoms with van der Waals surface area (Å²) in [6.45, 7) is 5.91. The Kier molecular flexibility index (Phi) is 9.37. The topological polar surface area (TPSA) is 108 Å². The number of aliphatic carboxylic acids is 1. The number of carbonyl (C=O) groups excluding carboxylic acids is 2. The molecule has 0 bridgehead atoms. The van der Waals surface area contributed by atoms with Gasteiger partial charge in [-0.25, -0.2) is 9.59 Å². The predicted molar refractivity (Wildman–Crippen MR) is 67.8 cm³/mol. The van der Waals surface area contributed by atoms with E-state index in [9.17, 15) is 14.4 Å². The molecule has 0 spiro atoms. The second kappa shape index (κ2) is 10.3. The summed E-state index contributed by atoms with van der Waals surface area (Å²) in [5.41, 5.74) is 0. The van der Waals surface area contributed by atoms with Crippen molar-refractivity contribution in [3.05, 3.63) is 0 Å². The van der Waals surface area contributed by atoms with Crippen LogP contribution in [0.2, 0.25) is 0 Å². The maximum absolute atomic E-state index is 11.3. The van der Waals surface area contributed by atoms with Gasteiger partial charge in [-0.1, -0.05) is 13.8 Å². The van der Waals surface area contributed by atoms with Crippen molar-refractivity contribution in [1.29, 1.82) is 0 Å². The number of ether oxygens (including phenoxy) is 1. The number of carboxylic acid groups (broad SMARTS) is 1. The highest BCUT2D eigenvalue weighted by atomic mass is 16.5. The van der Waals surface area contributed by atoms with Gasteiger partial charge >= 0.3 is 12.0 Å². The molecule has 0 aliphatic carbocycles. The van der Waals surface area contributed by atoms with E-state index < -0.39 is 31.1 Å². The van der Waals surface area contributed by atoms with Crippen molar-refractivity contribution in [3.8, 4) is 0 Å². The van der Waals surface area contributed by atoms with E-state index in [0.717, 1.165) is 13.1 Å². The van der Waals surface area contributed by atoms with Crippen LogP contribution in [0, 0.1) is 0 Å². The minimum atomic E-state index is -1.17. The lowest BCUT2D eigenvalue weighted by Gasteiger charge is -2.17. The Morgan fingerprint density at radius 2 is 1.79 bits per heavy atom. The molecule has 0 aromatic carbocycles. The van der Waals surface area contributed by atoms with Gasteiger partial charge in [0, 0.05) is 13.1 Å². The van der Waals surface area contributed by atoms with Crippen molar-refractivity contribution in [2.45, 2.75) is 13.8 Å². The molecule has 0 aliphatic rings. The highest BCUT2D eigenvalue weighted by Gasteiger charge is 2.08. The minimum absolute atomic E-state index is 0.427. The molecule has 0 rings (SSSR count). The summed E-state index contributed by atoms with van der Waals surface area (Å²) >= 11 is 0. The van der Waals surface area contributed by atoms with Crippen molar-refractivity contribution in [2.75, 3.05) is 39.4 Å². The number of carboxylic acids is 1. The Hall–Kier alpha value is -1.67. The molecule has 0 radical (unpaired) electrons. The fourth-order valence-corrected chi connectivity index (χ4v) is 1.31. The first-order valence-electron chi connectivity index (χ1n) is 6.09. The van der Waals surface area contributed by atoms with Crippen LogP contribution < -0.4 is 10.6 Å². The monoisotopic (exact) mass is 275 g/mol. The zero-order valence-electron chi connectivity index (χ0n) is 11.3. The van der Waals surface area contributed by atoms with Crippen LogP contribution in [0.1, 0.15) is 13.8 Å². The number of hydrogen-bond acceptors (Lipinski definition) is 5. The average molecular weight is 275 g/mol. The summed E-state index contributed by atoms with van der Waals surface area (Å²) in [6.07, 6.45) is 0. The van der Waals surface area contributed by atoms with Gasteiger partial charge in [-0.05, 0) is 13.1 Å². The summed E-state index contributed by atoms with van der Waals surface area (Å²) in [5.74, 6) is -1.85. The van der Waals surface area contributed by atoms with Crippen LogP contribution in [-0.2, 0) is 14.3 Å². The molecule has 0 aromatic rings. The van der Waals surface area contributed by atoms with E-state index in [1.165, 1.54) is 0 Å². The fraction of sp³-hybridized carbons (Fsp3) is 0.727. The first-order valence-corrected chi connectivity index (χ1v) is 6.09. The van der Waals surface area contributed by atoms with E-state index in [4.69, 9.17) is 5.11 Å². The van der Waals surface area contributed by atoms with Crippen LogP contribution in [-0.4, -0.2) is 67.3 Å². The van der Waals surface area contributed by atoms with E-state index in [2.05, 4.69) is 15.0 Å². The first kappa shape index (κ1) is 17.3. The average Bonchev–Trinajstić information content (AvgIpc) is 2.34. The molecular formula is C11H21N3O5. The lowest BCUT2D eigenvalue weighted by atomic mass is 10.4. The Morgan fingerprint density at radius 3 is 2.32 bits per heavy atom. The molecule has 0 heterocycles. The van der Waals surface area contributed by atoms with E-state index in [0.29, 0.717) is 13.1 Å². The van der Waals surface area contributed by atoms with E-state index in [1.807, 2.05) is 19.2 Å². The number of amides is 3. The van der Waals surface area contributed by atoms with Gasteiger partial charge < -0.3 is 20.1 Å². The van der Waals surface area contributed by atoms with Crippen LogP contribution in [0.3, 0.4) is 0 Å². The fourth-order valence-electron chi connectivity index (χ4n) is 1.31. The predicted octanol–water partition coefficient (Wildman–Crippen LogP) is -0.745. The SMILES string of the molecule is CCN(CC)CCNC(=O)NC(=O)COCC(=O)O. The minimum Gasteiger partial charge on any atom is -0.480 e. The van der Waals surface area contributed by atoms with Crippen LogP contribution in [0.4, 0.5) is 4.79 Å². The number of hydrogen-bond donors (Lipinski definition) is 3. The van der Waals surface area contributed by atoms with Gasteiger partial charge in [0.15, 0.2) is 0 Å². The quantitative estimate of drug-likeness (QED) is 0.511. The third-order valence-corrected chi connectivity index (χ3v) is 2.32. The van der Waals surface area contributed by atoms with Gasteiger partial charge in [0.25, 0.3) is 5.91 Å².